The van der Waals surface area contributed by atoms with Gasteiger partial charge in [0, 0.05) is 0 Å². The van der Waals surface area contributed by atoms with Crippen LogP contribution in [0.15, 0.2) is 59.7 Å². The molecular formula is C43H56Zr. The van der Waals surface area contributed by atoms with Gasteiger partial charge < -0.3 is 0 Å². The first kappa shape index (κ1) is 32.5. The summed E-state index contributed by atoms with van der Waals surface area (Å²) in [6.45, 7) is 16.0. The van der Waals surface area contributed by atoms with E-state index in [0.29, 0.717) is 5.41 Å². The summed E-state index contributed by atoms with van der Waals surface area (Å²) in [7, 11) is 0. The van der Waals surface area contributed by atoms with Gasteiger partial charge in [-0.15, -0.1) is 53.1 Å². The molecule has 0 atom stereocenters. The third-order valence-corrected chi connectivity index (χ3v) is 12.8. The molecule has 4 bridgehead atoms. The van der Waals surface area contributed by atoms with Gasteiger partial charge in [-0.2, -0.15) is 6.08 Å². The van der Waals surface area contributed by atoms with Gasteiger partial charge in [0.1, 0.15) is 0 Å². The summed E-state index contributed by atoms with van der Waals surface area (Å²) in [6.07, 6.45) is 23.6. The van der Waals surface area contributed by atoms with Crippen LogP contribution in [0.3, 0.4) is 0 Å². The molecule has 232 valence electrons. The van der Waals surface area contributed by atoms with E-state index in [4.69, 9.17) is 0 Å². The van der Waals surface area contributed by atoms with E-state index in [9.17, 15) is 0 Å². The standard InChI is InChI=1S/C21H25.C16H21.C6H10.Zr/c1-20(2,3)16-9-7-14-11-15-8-10-17(21(4,5)6)13-19(15)18(14)12-16;1-11-3-2-4-15(11)16-8-12-5-13(9-16)7-14(6-12)10-16;1-2-4-6-5-3-1;/h7-13H,1-6H3;3,12-14H,2,5-10H2,1H3;1-5H2;/q2*-1;;+2. The molecule has 0 heterocycles. The van der Waals surface area contributed by atoms with Crippen molar-refractivity contribution in [3.8, 4) is 0 Å². The molecule has 9 rings (SSSR count). The van der Waals surface area contributed by atoms with Crippen LogP contribution in [0, 0.1) is 29.2 Å². The Bertz CT molecular complexity index is 1460. The van der Waals surface area contributed by atoms with E-state index >= 15 is 0 Å². The van der Waals surface area contributed by atoms with E-state index in [0.717, 1.165) is 24.2 Å². The number of hydrogen-bond acceptors (Lipinski definition) is 0. The molecule has 0 nitrogen and oxygen atoms in total. The Balaban J connectivity index is 0.000000131. The molecule has 3 aromatic carbocycles. The van der Waals surface area contributed by atoms with Gasteiger partial charge in [0.25, 0.3) is 0 Å². The summed E-state index contributed by atoms with van der Waals surface area (Å²) in [4.78, 5) is 0. The van der Waals surface area contributed by atoms with E-state index < -0.39 is 0 Å². The van der Waals surface area contributed by atoms with Crippen molar-refractivity contribution in [2.75, 3.05) is 0 Å². The molecule has 0 radical (unpaired) electrons. The molecule has 0 aliphatic heterocycles. The van der Waals surface area contributed by atoms with Crippen molar-refractivity contribution in [2.45, 2.75) is 136 Å². The number of allylic oxidation sites excluding steroid dienone is 4. The third-order valence-electron chi connectivity index (χ3n) is 11.5. The van der Waals surface area contributed by atoms with Crippen molar-refractivity contribution in [3.63, 3.8) is 0 Å². The Morgan fingerprint density at radius 1 is 0.727 bits per heavy atom. The third kappa shape index (κ3) is 6.94. The van der Waals surface area contributed by atoms with Gasteiger partial charge in [0.2, 0.25) is 0 Å². The normalized spacial score (nSPS) is 27.9. The second-order valence-electron chi connectivity index (χ2n) is 17.3. The first-order chi connectivity index (χ1) is 20.8. The molecule has 0 spiro atoms. The molecule has 0 saturated heterocycles. The molecule has 6 aliphatic carbocycles. The van der Waals surface area contributed by atoms with E-state index in [1.165, 1.54) is 84.0 Å². The van der Waals surface area contributed by atoms with Crippen LogP contribution in [-0.4, -0.2) is 3.21 Å². The summed E-state index contributed by atoms with van der Waals surface area (Å²) in [5.41, 5.74) is 6.99. The fourth-order valence-corrected chi connectivity index (χ4v) is 10.3. The van der Waals surface area contributed by atoms with Crippen LogP contribution in [0.1, 0.15) is 137 Å². The SMILES string of the molecule is CC(C)(C)c1ccc2[cH-]c3ccc(C(C)(C)C)cc3c2c1.CC1=CC[C-]=C1C12CC3CC(CC(C3)C1)C2.[Zr+2]=[C]1CCCCC1. The molecule has 0 amide bonds. The van der Waals surface area contributed by atoms with Crippen LogP contribution in [0.25, 0.3) is 21.5 Å². The Labute approximate surface area is 283 Å². The maximum absolute atomic E-state index is 3.69. The maximum atomic E-state index is 3.69. The Hall–Kier alpha value is -1.46. The first-order valence-corrected chi connectivity index (χ1v) is 19.0. The fourth-order valence-electron chi connectivity index (χ4n) is 9.48. The zero-order valence-electron chi connectivity index (χ0n) is 28.8. The summed E-state index contributed by atoms with van der Waals surface area (Å²) in [5.74, 6) is 3.19. The van der Waals surface area contributed by atoms with Crippen molar-refractivity contribution >= 4 is 24.8 Å². The molecule has 0 aromatic heterocycles. The van der Waals surface area contributed by atoms with Crippen LogP contribution in [0.4, 0.5) is 0 Å². The predicted octanol–water partition coefficient (Wildman–Crippen LogP) is 12.3. The van der Waals surface area contributed by atoms with Gasteiger partial charge in [-0.1, -0.05) is 76.9 Å². The van der Waals surface area contributed by atoms with E-state index in [2.05, 4.69) is 103 Å². The Morgan fingerprint density at radius 3 is 1.57 bits per heavy atom. The predicted molar refractivity (Wildman–Crippen MR) is 188 cm³/mol. The Kier molecular flexibility index (Phi) is 9.32. The van der Waals surface area contributed by atoms with Gasteiger partial charge in [-0.05, 0) is 72.5 Å². The fraction of sp³-hybridized carbons (Fsp3) is 0.581. The minimum atomic E-state index is 0.194. The van der Waals surface area contributed by atoms with Crippen molar-refractivity contribution in [1.82, 2.24) is 0 Å². The number of hydrogen-bond donors (Lipinski definition) is 0. The zero-order chi connectivity index (χ0) is 31.3. The van der Waals surface area contributed by atoms with E-state index in [-0.39, 0.29) is 10.8 Å². The molecule has 0 unspecified atom stereocenters. The average Bonchev–Trinajstić information content (AvgIpc) is 3.55. The number of fused-ring (bicyclic) bond motifs is 3. The van der Waals surface area contributed by atoms with Crippen molar-refractivity contribution in [2.24, 2.45) is 23.2 Å². The van der Waals surface area contributed by atoms with Gasteiger partial charge in [0.15, 0.2) is 0 Å². The monoisotopic (exact) mass is 662 g/mol. The molecule has 3 aromatic rings. The quantitative estimate of drug-likeness (QED) is 0.227. The second kappa shape index (κ2) is 12.6. The number of benzene rings is 2. The van der Waals surface area contributed by atoms with Crippen LogP contribution < -0.4 is 0 Å². The van der Waals surface area contributed by atoms with Crippen LogP contribution in [0.2, 0.25) is 0 Å². The zero-order valence-corrected chi connectivity index (χ0v) is 31.3. The van der Waals surface area contributed by atoms with Crippen molar-refractivity contribution in [3.05, 3.63) is 76.9 Å². The summed E-state index contributed by atoms with van der Waals surface area (Å²) in [5, 5.41) is 5.49. The van der Waals surface area contributed by atoms with Gasteiger partial charge in [-0.3, -0.25) is 6.08 Å². The van der Waals surface area contributed by atoms with E-state index in [1.807, 2.05) is 0 Å². The van der Waals surface area contributed by atoms with Gasteiger partial charge >= 0.3 is 59.5 Å². The summed E-state index contributed by atoms with van der Waals surface area (Å²) < 4.78 is 1.80. The molecule has 1 heteroatoms. The number of rotatable bonds is 1. The minimum absolute atomic E-state index is 0.194. The molecule has 44 heavy (non-hydrogen) atoms. The van der Waals surface area contributed by atoms with Crippen molar-refractivity contribution in [1.29, 1.82) is 0 Å². The van der Waals surface area contributed by atoms with Crippen molar-refractivity contribution < 1.29 is 24.2 Å². The molecule has 5 saturated carbocycles. The second-order valence-corrected chi connectivity index (χ2v) is 19.0. The summed E-state index contributed by atoms with van der Waals surface area (Å²) >= 11 is 1.69. The topological polar surface area (TPSA) is 0 Å². The van der Waals surface area contributed by atoms with Gasteiger partial charge in [-0.25, -0.2) is 11.1 Å². The van der Waals surface area contributed by atoms with E-state index in [1.54, 1.807) is 57.8 Å². The van der Waals surface area contributed by atoms with Gasteiger partial charge in [0.05, 0.1) is 0 Å². The molecule has 5 fully saturated rings. The molecule has 6 aliphatic rings. The summed E-state index contributed by atoms with van der Waals surface area (Å²) in [6, 6.07) is 16.1. The van der Waals surface area contributed by atoms with Crippen LogP contribution in [0.5, 0.6) is 0 Å². The molecule has 0 N–H and O–H groups in total. The van der Waals surface area contributed by atoms with Crippen LogP contribution in [-0.2, 0) is 35.1 Å². The molecular weight excluding hydrogens is 608 g/mol. The van der Waals surface area contributed by atoms with Crippen LogP contribution >= 0.6 is 0 Å². The Morgan fingerprint density at radius 2 is 1.20 bits per heavy atom. The first-order valence-electron chi connectivity index (χ1n) is 17.8. The average molecular weight is 664 g/mol.